The molecule has 1 atom stereocenters. The third kappa shape index (κ3) is 4.09. The Kier molecular flexibility index (Phi) is 5.25. The van der Waals surface area contributed by atoms with Crippen LogP contribution in [-0.2, 0) is 0 Å². The highest BCUT2D eigenvalue weighted by Gasteiger charge is 2.29. The van der Waals surface area contributed by atoms with Crippen LogP contribution in [0, 0.1) is 5.82 Å². The summed E-state index contributed by atoms with van der Waals surface area (Å²) in [5, 5.41) is 6.52. The minimum Gasteiger partial charge on any atom is -0.463 e. The monoisotopic (exact) mass is 334 g/mol. The number of furan rings is 1. The fraction of sp³-hybridized carbons (Fsp3) is 0.353. The Hall–Kier alpha value is -1.92. The van der Waals surface area contributed by atoms with Gasteiger partial charge in [-0.2, -0.15) is 0 Å². The molecule has 2 heterocycles. The van der Waals surface area contributed by atoms with E-state index < -0.39 is 0 Å². The largest absolute Gasteiger partial charge is 0.463 e. The van der Waals surface area contributed by atoms with E-state index in [4.69, 9.17) is 16.6 Å². The van der Waals surface area contributed by atoms with Crippen molar-refractivity contribution in [3.05, 3.63) is 54.2 Å². The first kappa shape index (κ1) is 16.0. The van der Waals surface area contributed by atoms with Crippen LogP contribution in [-0.4, -0.2) is 24.7 Å². The molecule has 1 aliphatic heterocycles. The van der Waals surface area contributed by atoms with E-state index in [1.807, 2.05) is 12.1 Å². The Morgan fingerprint density at radius 3 is 2.70 bits per heavy atom. The first-order valence-corrected chi connectivity index (χ1v) is 8.32. The zero-order valence-corrected chi connectivity index (χ0v) is 13.7. The number of thiocarbonyl (C=S) groups is 1. The summed E-state index contributed by atoms with van der Waals surface area (Å²) in [4.78, 5) is 1.50. The number of nitrogens with one attached hydrogen (secondary N) is 3. The molecule has 1 aromatic carbocycles. The van der Waals surface area contributed by atoms with Gasteiger partial charge in [-0.15, -0.1) is 0 Å². The van der Waals surface area contributed by atoms with Crippen molar-refractivity contribution in [2.45, 2.75) is 18.9 Å². The number of rotatable bonds is 5. The average molecular weight is 334 g/mol. The van der Waals surface area contributed by atoms with E-state index in [9.17, 15) is 4.39 Å². The summed E-state index contributed by atoms with van der Waals surface area (Å²) in [7, 11) is 0. The lowest BCUT2D eigenvalue weighted by atomic mass is 10.2. The molecule has 23 heavy (non-hydrogen) atoms. The van der Waals surface area contributed by atoms with E-state index in [0.29, 0.717) is 17.3 Å². The van der Waals surface area contributed by atoms with Gasteiger partial charge in [0.25, 0.3) is 0 Å². The molecule has 1 aromatic heterocycles. The van der Waals surface area contributed by atoms with Gasteiger partial charge in [-0.1, -0.05) is 12.1 Å². The maximum Gasteiger partial charge on any atom is 0.171 e. The molecule has 0 saturated carbocycles. The SMILES string of the molecule is Fc1ccccc1NC(=S)NC[C@H](c1ccco1)[NH+]1CCCC1. The number of hydrogen-bond acceptors (Lipinski definition) is 2. The first-order valence-electron chi connectivity index (χ1n) is 7.91. The summed E-state index contributed by atoms with van der Waals surface area (Å²) >= 11 is 5.29. The molecule has 122 valence electrons. The molecule has 3 rings (SSSR count). The highest BCUT2D eigenvalue weighted by molar-refractivity contribution is 7.80. The molecule has 0 radical (unpaired) electrons. The van der Waals surface area contributed by atoms with Crippen LogP contribution in [0.1, 0.15) is 24.6 Å². The Morgan fingerprint density at radius 2 is 2.00 bits per heavy atom. The highest BCUT2D eigenvalue weighted by atomic mass is 32.1. The summed E-state index contributed by atoms with van der Waals surface area (Å²) < 4.78 is 19.2. The third-order valence-corrected chi connectivity index (χ3v) is 4.46. The van der Waals surface area contributed by atoms with Crippen LogP contribution in [0.4, 0.5) is 10.1 Å². The Balaban J connectivity index is 1.60. The van der Waals surface area contributed by atoms with Gasteiger partial charge in [0.15, 0.2) is 16.9 Å². The predicted molar refractivity (Wildman–Crippen MR) is 92.0 cm³/mol. The fourth-order valence-corrected chi connectivity index (χ4v) is 3.23. The Morgan fingerprint density at radius 1 is 1.22 bits per heavy atom. The lowest BCUT2D eigenvalue weighted by molar-refractivity contribution is -0.919. The lowest BCUT2D eigenvalue weighted by Crippen LogP contribution is -3.11. The first-order chi connectivity index (χ1) is 11.2. The number of likely N-dealkylation sites (tertiary alicyclic amines) is 1. The molecule has 0 spiro atoms. The van der Waals surface area contributed by atoms with Crippen molar-refractivity contribution in [3.8, 4) is 0 Å². The van der Waals surface area contributed by atoms with Gasteiger partial charge in [-0.25, -0.2) is 4.39 Å². The van der Waals surface area contributed by atoms with E-state index in [1.54, 1.807) is 24.5 Å². The van der Waals surface area contributed by atoms with Gasteiger partial charge in [-0.3, -0.25) is 0 Å². The number of benzene rings is 1. The van der Waals surface area contributed by atoms with E-state index in [0.717, 1.165) is 18.8 Å². The van der Waals surface area contributed by atoms with E-state index >= 15 is 0 Å². The normalized spacial score (nSPS) is 16.2. The summed E-state index contributed by atoms with van der Waals surface area (Å²) in [6.45, 7) is 2.93. The van der Waals surface area contributed by atoms with Crippen LogP contribution in [0.15, 0.2) is 47.1 Å². The van der Waals surface area contributed by atoms with Gasteiger partial charge in [-0.05, 0) is 36.5 Å². The van der Waals surface area contributed by atoms with Crippen LogP contribution >= 0.6 is 12.2 Å². The summed E-state index contributed by atoms with van der Waals surface area (Å²) in [5.74, 6) is 0.646. The molecule has 1 fully saturated rings. The maximum atomic E-state index is 13.6. The van der Waals surface area contributed by atoms with Gasteiger partial charge in [0, 0.05) is 12.8 Å². The molecule has 0 aliphatic carbocycles. The Labute approximate surface area is 140 Å². The predicted octanol–water partition coefficient (Wildman–Crippen LogP) is 2.13. The average Bonchev–Trinajstić information content (AvgIpc) is 3.23. The molecular weight excluding hydrogens is 313 g/mol. The number of para-hydroxylation sites is 1. The standard InChI is InChI=1S/C17H20FN3OS/c18-13-6-1-2-7-14(13)20-17(23)19-12-15(16-8-5-11-22-16)21-9-3-4-10-21/h1-2,5-8,11,15H,3-4,9-10,12H2,(H2,19,20,23)/p+1/t15-/m1/s1. The molecule has 4 nitrogen and oxygen atoms in total. The number of quaternary nitrogens is 1. The quantitative estimate of drug-likeness (QED) is 0.733. The summed E-state index contributed by atoms with van der Waals surface area (Å²) in [6, 6.07) is 10.6. The van der Waals surface area contributed by atoms with Gasteiger partial charge in [0.2, 0.25) is 0 Å². The molecule has 1 saturated heterocycles. The molecule has 6 heteroatoms. The smallest absolute Gasteiger partial charge is 0.171 e. The van der Waals surface area contributed by atoms with Crippen LogP contribution in [0.2, 0.25) is 0 Å². The van der Waals surface area contributed by atoms with Crippen molar-refractivity contribution >= 4 is 23.0 Å². The van der Waals surface area contributed by atoms with Crippen LogP contribution in [0.5, 0.6) is 0 Å². The van der Waals surface area contributed by atoms with Gasteiger partial charge in [0.05, 0.1) is 31.6 Å². The molecular formula is C17H21FN3OS+. The topological polar surface area (TPSA) is 41.6 Å². The molecule has 3 N–H and O–H groups in total. The second-order valence-corrected chi connectivity index (χ2v) is 6.16. The second-order valence-electron chi connectivity index (χ2n) is 5.75. The molecule has 0 amide bonds. The van der Waals surface area contributed by atoms with E-state index in [-0.39, 0.29) is 11.9 Å². The fourth-order valence-electron chi connectivity index (χ4n) is 3.04. The van der Waals surface area contributed by atoms with Crippen molar-refractivity contribution in [1.29, 1.82) is 0 Å². The van der Waals surface area contributed by atoms with Gasteiger partial charge < -0.3 is 20.0 Å². The van der Waals surface area contributed by atoms with Crippen molar-refractivity contribution in [2.24, 2.45) is 0 Å². The van der Waals surface area contributed by atoms with Crippen LogP contribution in [0.3, 0.4) is 0 Å². The van der Waals surface area contributed by atoms with Crippen LogP contribution in [0.25, 0.3) is 0 Å². The van der Waals surface area contributed by atoms with Crippen molar-refractivity contribution < 1.29 is 13.7 Å². The Bertz CT molecular complexity index is 641. The second kappa shape index (κ2) is 7.57. The molecule has 0 unspecified atom stereocenters. The molecule has 2 aromatic rings. The lowest BCUT2D eigenvalue weighted by Gasteiger charge is -2.23. The molecule has 1 aliphatic rings. The van der Waals surface area contributed by atoms with E-state index in [2.05, 4.69) is 10.6 Å². The number of anilines is 1. The van der Waals surface area contributed by atoms with Crippen molar-refractivity contribution in [1.82, 2.24) is 5.32 Å². The minimum absolute atomic E-state index is 0.216. The number of halogens is 1. The van der Waals surface area contributed by atoms with Crippen molar-refractivity contribution in [3.63, 3.8) is 0 Å². The minimum atomic E-state index is -0.315. The third-order valence-electron chi connectivity index (χ3n) is 4.21. The maximum absolute atomic E-state index is 13.6. The number of hydrogen-bond donors (Lipinski definition) is 3. The highest BCUT2D eigenvalue weighted by Crippen LogP contribution is 2.13. The van der Waals surface area contributed by atoms with Gasteiger partial charge in [0.1, 0.15) is 5.82 Å². The summed E-state index contributed by atoms with van der Waals surface area (Å²) in [6.07, 6.45) is 4.18. The van der Waals surface area contributed by atoms with Gasteiger partial charge >= 0.3 is 0 Å². The zero-order valence-electron chi connectivity index (χ0n) is 12.8. The van der Waals surface area contributed by atoms with Crippen LogP contribution < -0.4 is 15.5 Å². The summed E-state index contributed by atoms with van der Waals surface area (Å²) in [5.41, 5.74) is 0.382. The molecule has 0 bridgehead atoms. The van der Waals surface area contributed by atoms with E-state index in [1.165, 1.54) is 23.8 Å². The zero-order chi connectivity index (χ0) is 16.1. The van der Waals surface area contributed by atoms with Crippen molar-refractivity contribution in [2.75, 3.05) is 25.0 Å².